The van der Waals surface area contributed by atoms with E-state index in [1.54, 1.807) is 5.38 Å². The second-order valence-electron chi connectivity index (χ2n) is 3.55. The first kappa shape index (κ1) is 13.0. The van der Waals surface area contributed by atoms with Crippen molar-refractivity contribution >= 4 is 27.9 Å². The van der Waals surface area contributed by atoms with Gasteiger partial charge in [-0.2, -0.15) is 5.26 Å². The largest absolute Gasteiger partial charge is 0.396 e. The molecular weight excluding hydrogens is 272 g/mol. The quantitative estimate of drug-likeness (QED) is 0.829. The van der Waals surface area contributed by atoms with Gasteiger partial charge in [0.1, 0.15) is 22.5 Å². The number of nitriles is 1. The maximum Gasteiger partial charge on any atom is 0.262 e. The summed E-state index contributed by atoms with van der Waals surface area (Å²) >= 11 is 1.08. The number of anilines is 2. The van der Waals surface area contributed by atoms with Crippen LogP contribution >= 0.6 is 11.3 Å². The van der Waals surface area contributed by atoms with Crippen molar-refractivity contribution in [1.29, 1.82) is 5.26 Å². The predicted octanol–water partition coefficient (Wildman–Crippen LogP) is 2.73. The number of thiophene rings is 1. The molecule has 0 radical (unpaired) electrons. The average Bonchev–Trinajstić information content (AvgIpc) is 2.81. The van der Waals surface area contributed by atoms with Crippen LogP contribution in [0.3, 0.4) is 0 Å². The Labute approximate surface area is 111 Å². The van der Waals surface area contributed by atoms with Gasteiger partial charge in [0.15, 0.2) is 5.82 Å². The van der Waals surface area contributed by atoms with E-state index in [1.165, 1.54) is 6.07 Å². The standard InChI is InChI=1S/C12H7F2N3OS/c13-7-1-2-8(16)10(14)9(7)11(18)17-12-6(5-15)3-4-19-12/h1-4H,16H2,(H,17,18). The van der Waals surface area contributed by atoms with Crippen LogP contribution in [0.1, 0.15) is 15.9 Å². The normalized spacial score (nSPS) is 9.95. The van der Waals surface area contributed by atoms with Crippen LogP contribution in [-0.4, -0.2) is 5.91 Å². The monoisotopic (exact) mass is 279 g/mol. The summed E-state index contributed by atoms with van der Waals surface area (Å²) in [6.07, 6.45) is 0. The van der Waals surface area contributed by atoms with Crippen molar-refractivity contribution in [3.05, 3.63) is 46.3 Å². The number of carbonyl (C=O) groups excluding carboxylic acids is 1. The number of nitrogens with one attached hydrogen (secondary N) is 1. The van der Waals surface area contributed by atoms with E-state index in [-0.39, 0.29) is 16.3 Å². The molecular formula is C12H7F2N3OS. The molecule has 0 aliphatic carbocycles. The summed E-state index contributed by atoms with van der Waals surface area (Å²) in [6, 6.07) is 5.29. The second-order valence-corrected chi connectivity index (χ2v) is 4.47. The van der Waals surface area contributed by atoms with E-state index in [0.29, 0.717) is 0 Å². The number of benzene rings is 1. The molecule has 1 heterocycles. The summed E-state index contributed by atoms with van der Waals surface area (Å²) in [5.74, 6) is -3.12. The fraction of sp³-hybridized carbons (Fsp3) is 0. The van der Waals surface area contributed by atoms with Crippen molar-refractivity contribution in [3.63, 3.8) is 0 Å². The summed E-state index contributed by atoms with van der Waals surface area (Å²) in [6.45, 7) is 0. The number of nitrogen functional groups attached to an aromatic ring is 1. The highest BCUT2D eigenvalue weighted by molar-refractivity contribution is 7.14. The fourth-order valence-corrected chi connectivity index (χ4v) is 2.17. The summed E-state index contributed by atoms with van der Waals surface area (Å²) in [5, 5.41) is 12.9. The minimum absolute atomic E-state index is 0.225. The molecule has 3 N–H and O–H groups in total. The number of hydrogen-bond acceptors (Lipinski definition) is 4. The number of rotatable bonds is 2. The molecule has 0 bridgehead atoms. The van der Waals surface area contributed by atoms with Crippen molar-refractivity contribution in [2.24, 2.45) is 0 Å². The van der Waals surface area contributed by atoms with E-state index in [2.05, 4.69) is 5.32 Å². The van der Waals surface area contributed by atoms with Crippen LogP contribution in [-0.2, 0) is 0 Å². The summed E-state index contributed by atoms with van der Waals surface area (Å²) in [4.78, 5) is 11.8. The van der Waals surface area contributed by atoms with Gasteiger partial charge in [-0.3, -0.25) is 4.79 Å². The Hall–Kier alpha value is -2.46. The van der Waals surface area contributed by atoms with Gasteiger partial charge in [0.05, 0.1) is 11.3 Å². The van der Waals surface area contributed by atoms with Gasteiger partial charge in [0.25, 0.3) is 5.91 Å². The topological polar surface area (TPSA) is 78.9 Å². The Morgan fingerprint density at radius 1 is 1.37 bits per heavy atom. The number of carbonyl (C=O) groups is 1. The molecule has 0 aliphatic heterocycles. The van der Waals surface area contributed by atoms with Gasteiger partial charge in [-0.1, -0.05) is 0 Å². The van der Waals surface area contributed by atoms with Crippen molar-refractivity contribution < 1.29 is 13.6 Å². The Bertz CT molecular complexity index is 691. The van der Waals surface area contributed by atoms with E-state index >= 15 is 0 Å². The van der Waals surface area contributed by atoms with Crippen molar-refractivity contribution in [1.82, 2.24) is 0 Å². The van der Waals surface area contributed by atoms with Crippen molar-refractivity contribution in [2.75, 3.05) is 11.1 Å². The third-order valence-corrected chi connectivity index (χ3v) is 3.19. The first-order valence-electron chi connectivity index (χ1n) is 5.07. The van der Waals surface area contributed by atoms with Crippen LogP contribution in [0, 0.1) is 23.0 Å². The lowest BCUT2D eigenvalue weighted by molar-refractivity contribution is 0.101. The zero-order valence-corrected chi connectivity index (χ0v) is 10.2. The highest BCUT2D eigenvalue weighted by atomic mass is 32.1. The molecule has 0 saturated carbocycles. The minimum atomic E-state index is -1.12. The predicted molar refractivity (Wildman–Crippen MR) is 67.8 cm³/mol. The number of amides is 1. The van der Waals surface area contributed by atoms with Crippen LogP contribution in [0.2, 0.25) is 0 Å². The van der Waals surface area contributed by atoms with E-state index in [0.717, 1.165) is 23.5 Å². The van der Waals surface area contributed by atoms with Crippen molar-refractivity contribution in [2.45, 2.75) is 0 Å². The molecule has 0 fully saturated rings. The highest BCUT2D eigenvalue weighted by Crippen LogP contribution is 2.25. The number of hydrogen-bond donors (Lipinski definition) is 2. The van der Waals surface area contributed by atoms with Gasteiger partial charge in [-0.25, -0.2) is 8.78 Å². The SMILES string of the molecule is N#Cc1ccsc1NC(=O)c1c(F)ccc(N)c1F. The molecule has 19 heavy (non-hydrogen) atoms. The molecule has 0 saturated heterocycles. The molecule has 1 aromatic carbocycles. The molecule has 0 atom stereocenters. The van der Waals surface area contributed by atoms with Crippen LogP contribution in [0.15, 0.2) is 23.6 Å². The summed E-state index contributed by atoms with van der Waals surface area (Å²) in [7, 11) is 0. The Morgan fingerprint density at radius 3 is 2.79 bits per heavy atom. The first-order valence-corrected chi connectivity index (χ1v) is 5.95. The van der Waals surface area contributed by atoms with Gasteiger partial charge in [0, 0.05) is 0 Å². The average molecular weight is 279 g/mol. The third-order valence-electron chi connectivity index (χ3n) is 2.36. The molecule has 1 amide bonds. The molecule has 1 aromatic heterocycles. The molecule has 96 valence electrons. The van der Waals surface area contributed by atoms with E-state index in [9.17, 15) is 13.6 Å². The van der Waals surface area contributed by atoms with Gasteiger partial charge >= 0.3 is 0 Å². The lowest BCUT2D eigenvalue weighted by Crippen LogP contribution is -2.16. The first-order chi connectivity index (χ1) is 9.04. The molecule has 0 spiro atoms. The highest BCUT2D eigenvalue weighted by Gasteiger charge is 2.20. The van der Waals surface area contributed by atoms with Crippen LogP contribution in [0.25, 0.3) is 0 Å². The second kappa shape index (κ2) is 5.04. The van der Waals surface area contributed by atoms with E-state index in [1.807, 2.05) is 6.07 Å². The third kappa shape index (κ3) is 2.39. The van der Waals surface area contributed by atoms with Crippen LogP contribution < -0.4 is 11.1 Å². The van der Waals surface area contributed by atoms with Gasteiger partial charge < -0.3 is 11.1 Å². The van der Waals surface area contributed by atoms with Crippen molar-refractivity contribution in [3.8, 4) is 6.07 Å². The zero-order chi connectivity index (χ0) is 14.0. The Kier molecular flexibility index (Phi) is 3.44. The summed E-state index contributed by atoms with van der Waals surface area (Å²) in [5.41, 5.74) is 4.42. The lowest BCUT2D eigenvalue weighted by atomic mass is 10.1. The smallest absolute Gasteiger partial charge is 0.262 e. The molecule has 7 heteroatoms. The zero-order valence-electron chi connectivity index (χ0n) is 9.41. The molecule has 0 aliphatic rings. The lowest BCUT2D eigenvalue weighted by Gasteiger charge is -2.07. The Balaban J connectivity index is 2.37. The minimum Gasteiger partial charge on any atom is -0.396 e. The number of nitrogens with zero attached hydrogens (tertiary/aromatic N) is 1. The number of halogens is 2. The molecule has 0 unspecified atom stereocenters. The van der Waals surface area contributed by atoms with E-state index in [4.69, 9.17) is 11.0 Å². The maximum atomic E-state index is 13.6. The van der Waals surface area contributed by atoms with Crippen LogP contribution in [0.4, 0.5) is 19.5 Å². The van der Waals surface area contributed by atoms with Gasteiger partial charge in [-0.05, 0) is 23.6 Å². The molecule has 4 nitrogen and oxygen atoms in total. The molecule has 2 rings (SSSR count). The van der Waals surface area contributed by atoms with Crippen LogP contribution in [0.5, 0.6) is 0 Å². The Morgan fingerprint density at radius 2 is 2.11 bits per heavy atom. The van der Waals surface area contributed by atoms with Gasteiger partial charge in [0.2, 0.25) is 0 Å². The number of nitrogens with two attached hydrogens (primary N) is 1. The fourth-order valence-electron chi connectivity index (χ4n) is 1.44. The van der Waals surface area contributed by atoms with E-state index < -0.39 is 23.1 Å². The van der Waals surface area contributed by atoms with Gasteiger partial charge in [-0.15, -0.1) is 11.3 Å². The summed E-state index contributed by atoms with van der Waals surface area (Å²) < 4.78 is 27.1. The molecule has 2 aromatic rings. The maximum absolute atomic E-state index is 13.6.